The maximum absolute atomic E-state index is 12.9. The average molecular weight is 388 g/mol. The van der Waals surface area contributed by atoms with Crippen molar-refractivity contribution in [3.63, 3.8) is 0 Å². The van der Waals surface area contributed by atoms with Gasteiger partial charge in [0.2, 0.25) is 5.78 Å². The second-order valence-electron chi connectivity index (χ2n) is 5.54. The van der Waals surface area contributed by atoms with Gasteiger partial charge >= 0.3 is 0 Å². The van der Waals surface area contributed by atoms with Crippen LogP contribution in [0.2, 0.25) is 10.0 Å². The van der Waals surface area contributed by atoms with Gasteiger partial charge in [0.15, 0.2) is 11.5 Å². The Kier molecular flexibility index (Phi) is 5.35. The molecule has 0 saturated carbocycles. The molecule has 0 aliphatic carbocycles. The molecule has 0 amide bonds. The van der Waals surface area contributed by atoms with Crippen molar-refractivity contribution < 1.29 is 14.6 Å². The van der Waals surface area contributed by atoms with Gasteiger partial charge < -0.3 is 15.2 Å². The predicted molar refractivity (Wildman–Crippen MR) is 103 cm³/mol. The topological polar surface area (TPSA) is 58.6 Å². The highest BCUT2D eigenvalue weighted by Crippen LogP contribution is 2.37. The minimum Gasteiger partial charge on any atom is -0.504 e. The van der Waals surface area contributed by atoms with Crippen LogP contribution in [0.4, 0.5) is 0 Å². The van der Waals surface area contributed by atoms with E-state index >= 15 is 0 Å². The van der Waals surface area contributed by atoms with Gasteiger partial charge in [-0.2, -0.15) is 0 Å². The van der Waals surface area contributed by atoms with Gasteiger partial charge in [-0.05, 0) is 23.8 Å². The smallest absolute Gasteiger partial charge is 0.263 e. The van der Waals surface area contributed by atoms with E-state index in [1.165, 1.54) is 18.2 Å². The monoisotopic (exact) mass is 387 g/mol. The number of phenolic OH excluding ortho intramolecular Hbond substituents is 1. The number of carbonyl (C=O) groups excluding carboxylic acids is 1. The molecule has 3 rings (SSSR count). The summed E-state index contributed by atoms with van der Waals surface area (Å²) in [6.45, 7) is 0. The summed E-state index contributed by atoms with van der Waals surface area (Å²) in [7, 11) is 0. The van der Waals surface area contributed by atoms with E-state index in [2.05, 4.69) is 5.32 Å². The van der Waals surface area contributed by atoms with E-state index in [1.807, 2.05) is 30.3 Å². The molecule has 4 nitrogen and oxygen atoms in total. The molecule has 1 aliphatic heterocycles. The number of phenols is 1. The molecule has 0 aromatic heterocycles. The average Bonchev–Trinajstić information content (AvgIpc) is 2.66. The van der Waals surface area contributed by atoms with Crippen molar-refractivity contribution in [3.8, 4) is 11.5 Å². The molecule has 2 aromatic carbocycles. The van der Waals surface area contributed by atoms with Crippen molar-refractivity contribution in [2.75, 3.05) is 0 Å². The number of allylic oxidation sites excluding steroid dienone is 2. The van der Waals surface area contributed by atoms with Crippen LogP contribution in [0.15, 0.2) is 73.0 Å². The van der Waals surface area contributed by atoms with Crippen LogP contribution in [0.25, 0.3) is 6.08 Å². The Morgan fingerprint density at radius 3 is 2.54 bits per heavy atom. The van der Waals surface area contributed by atoms with Crippen LogP contribution in [-0.2, 0) is 4.79 Å². The van der Waals surface area contributed by atoms with Crippen LogP contribution < -0.4 is 10.1 Å². The Morgan fingerprint density at radius 2 is 1.85 bits per heavy atom. The van der Waals surface area contributed by atoms with Gasteiger partial charge in [-0.3, -0.25) is 4.79 Å². The second-order valence-corrected chi connectivity index (χ2v) is 6.36. The fourth-order valence-corrected chi connectivity index (χ4v) is 2.68. The van der Waals surface area contributed by atoms with Gasteiger partial charge in [0.1, 0.15) is 0 Å². The highest BCUT2D eigenvalue weighted by Gasteiger charge is 2.37. The zero-order chi connectivity index (χ0) is 18.6. The Hall–Kier alpha value is -2.69. The summed E-state index contributed by atoms with van der Waals surface area (Å²) in [4.78, 5) is 12.9. The van der Waals surface area contributed by atoms with Gasteiger partial charge in [-0.25, -0.2) is 0 Å². The Morgan fingerprint density at radius 1 is 1.12 bits per heavy atom. The zero-order valence-corrected chi connectivity index (χ0v) is 15.0. The molecule has 1 heterocycles. The number of ketones is 1. The van der Waals surface area contributed by atoms with Crippen molar-refractivity contribution >= 4 is 35.1 Å². The number of benzene rings is 2. The number of aromatic hydroxyl groups is 1. The molecule has 0 radical (unpaired) electrons. The lowest BCUT2D eigenvalue weighted by Crippen LogP contribution is -2.53. The van der Waals surface area contributed by atoms with Gasteiger partial charge in [0.05, 0.1) is 10.0 Å². The molecule has 0 fully saturated rings. The minimum atomic E-state index is -1.51. The SMILES string of the molecule is O=C(/C=C/c1ccccc1)C1(Oc2cc(Cl)c(Cl)cc2O)C=CC=CN1. The summed E-state index contributed by atoms with van der Waals surface area (Å²) in [5, 5.41) is 13.4. The molecular weight excluding hydrogens is 373 g/mol. The van der Waals surface area contributed by atoms with Crippen LogP contribution in [0.1, 0.15) is 5.56 Å². The molecule has 1 unspecified atom stereocenters. The minimum absolute atomic E-state index is 0.0355. The van der Waals surface area contributed by atoms with Crippen molar-refractivity contribution in [1.82, 2.24) is 5.32 Å². The van der Waals surface area contributed by atoms with Crippen molar-refractivity contribution in [3.05, 3.63) is 88.6 Å². The highest BCUT2D eigenvalue weighted by atomic mass is 35.5. The first kappa shape index (κ1) is 18.1. The lowest BCUT2D eigenvalue weighted by atomic mass is 10.0. The number of halogens is 2. The van der Waals surface area contributed by atoms with Crippen LogP contribution in [0.5, 0.6) is 11.5 Å². The van der Waals surface area contributed by atoms with E-state index in [0.717, 1.165) is 5.56 Å². The molecule has 6 heteroatoms. The number of carbonyl (C=O) groups is 1. The zero-order valence-electron chi connectivity index (χ0n) is 13.5. The predicted octanol–water partition coefficient (Wildman–Crippen LogP) is 4.73. The summed E-state index contributed by atoms with van der Waals surface area (Å²) in [5.74, 6) is -0.538. The van der Waals surface area contributed by atoms with Crippen LogP contribution in [0.3, 0.4) is 0 Å². The first-order chi connectivity index (χ1) is 12.5. The molecule has 2 N–H and O–H groups in total. The molecule has 1 atom stereocenters. The summed E-state index contributed by atoms with van der Waals surface area (Å²) in [6.07, 6.45) is 9.66. The Labute approximate surface area is 161 Å². The van der Waals surface area contributed by atoms with E-state index in [9.17, 15) is 9.90 Å². The lowest BCUT2D eigenvalue weighted by Gasteiger charge is -2.31. The number of hydrogen-bond donors (Lipinski definition) is 2. The molecule has 0 saturated heterocycles. The quantitative estimate of drug-likeness (QED) is 0.728. The fraction of sp³-hybridized carbons (Fsp3) is 0.0500. The highest BCUT2D eigenvalue weighted by molar-refractivity contribution is 6.42. The number of nitrogens with one attached hydrogen (secondary N) is 1. The van der Waals surface area contributed by atoms with Gasteiger partial charge in [-0.1, -0.05) is 65.7 Å². The third-order valence-electron chi connectivity index (χ3n) is 3.70. The van der Waals surface area contributed by atoms with Crippen LogP contribution in [0, 0.1) is 0 Å². The van der Waals surface area contributed by atoms with Crippen LogP contribution in [-0.4, -0.2) is 16.6 Å². The molecule has 132 valence electrons. The first-order valence-electron chi connectivity index (χ1n) is 7.77. The summed E-state index contributed by atoms with van der Waals surface area (Å²) in [6, 6.07) is 12.0. The van der Waals surface area contributed by atoms with Gasteiger partial charge in [0.25, 0.3) is 5.72 Å². The molecule has 0 bridgehead atoms. The Bertz CT molecular complexity index is 907. The van der Waals surface area contributed by atoms with E-state index in [1.54, 1.807) is 30.5 Å². The normalized spacial score (nSPS) is 18.7. The Balaban J connectivity index is 1.91. The van der Waals surface area contributed by atoms with E-state index in [4.69, 9.17) is 27.9 Å². The lowest BCUT2D eigenvalue weighted by molar-refractivity contribution is -0.127. The van der Waals surface area contributed by atoms with Crippen molar-refractivity contribution in [2.45, 2.75) is 5.72 Å². The first-order valence-corrected chi connectivity index (χ1v) is 8.52. The van der Waals surface area contributed by atoms with E-state index in [-0.39, 0.29) is 27.3 Å². The number of dihydropyridines is 1. The third kappa shape index (κ3) is 3.93. The number of hydrogen-bond acceptors (Lipinski definition) is 4. The third-order valence-corrected chi connectivity index (χ3v) is 4.42. The second kappa shape index (κ2) is 7.68. The standard InChI is InChI=1S/C20H15Cl2NO3/c21-15-12-17(24)18(13-16(15)22)26-20(10-4-5-11-23-20)19(25)9-8-14-6-2-1-3-7-14/h1-13,23-24H/b9-8+. The molecule has 26 heavy (non-hydrogen) atoms. The number of ether oxygens (including phenoxy) is 1. The molecular formula is C20H15Cl2NO3. The largest absolute Gasteiger partial charge is 0.504 e. The summed E-state index contributed by atoms with van der Waals surface area (Å²) < 4.78 is 5.82. The van der Waals surface area contributed by atoms with Crippen molar-refractivity contribution in [1.29, 1.82) is 0 Å². The maximum atomic E-state index is 12.9. The summed E-state index contributed by atoms with van der Waals surface area (Å²) >= 11 is 11.9. The maximum Gasteiger partial charge on any atom is 0.263 e. The van der Waals surface area contributed by atoms with Crippen molar-refractivity contribution in [2.24, 2.45) is 0 Å². The molecule has 2 aromatic rings. The van der Waals surface area contributed by atoms with Gasteiger partial charge in [0, 0.05) is 18.3 Å². The molecule has 1 aliphatic rings. The fourth-order valence-electron chi connectivity index (χ4n) is 2.37. The van der Waals surface area contributed by atoms with Gasteiger partial charge in [-0.15, -0.1) is 0 Å². The molecule has 0 spiro atoms. The number of rotatable bonds is 5. The van der Waals surface area contributed by atoms with Crippen LogP contribution >= 0.6 is 23.2 Å². The van der Waals surface area contributed by atoms with E-state index in [0.29, 0.717) is 0 Å². The summed E-state index contributed by atoms with van der Waals surface area (Å²) in [5.41, 5.74) is -0.627. The van der Waals surface area contributed by atoms with E-state index < -0.39 is 5.72 Å².